The SMILES string of the molecule is O=C1CCC(n2c(=O)n(CCCN3CCN(c4cccc(-c5cnc6ccc(N7CCC[C@@H]7c7cccc(F)c7)cn56)n4)CC3)c3ccccc32)C(=O)N1. The lowest BCUT2D eigenvalue weighted by molar-refractivity contribution is -0.135. The molecule has 2 amide bonds. The first-order chi connectivity index (χ1) is 26.4. The Hall–Kier alpha value is -5.82. The van der Waals surface area contributed by atoms with Gasteiger partial charge in [-0.2, -0.15) is 0 Å². The van der Waals surface area contributed by atoms with E-state index in [2.05, 4.69) is 53.8 Å². The van der Waals surface area contributed by atoms with Crippen molar-refractivity contribution in [2.75, 3.05) is 49.1 Å². The number of hydrogen-bond acceptors (Lipinski definition) is 8. The summed E-state index contributed by atoms with van der Waals surface area (Å²) in [6, 6.07) is 24.2. The number of halogens is 1. The zero-order valence-corrected chi connectivity index (χ0v) is 30.0. The van der Waals surface area contributed by atoms with Crippen molar-refractivity contribution in [3.63, 3.8) is 0 Å². The highest BCUT2D eigenvalue weighted by Crippen LogP contribution is 2.37. The largest absolute Gasteiger partial charge is 0.363 e. The zero-order valence-electron chi connectivity index (χ0n) is 30.0. The van der Waals surface area contributed by atoms with Gasteiger partial charge in [-0.3, -0.25) is 33.3 Å². The number of aryl methyl sites for hydroxylation is 1. The number of pyridine rings is 2. The van der Waals surface area contributed by atoms with Gasteiger partial charge in [0.15, 0.2) is 0 Å². The lowest BCUT2D eigenvalue weighted by Gasteiger charge is -2.35. The van der Waals surface area contributed by atoms with Crippen LogP contribution >= 0.6 is 0 Å². The van der Waals surface area contributed by atoms with E-state index < -0.39 is 11.9 Å². The Bertz CT molecular complexity index is 2430. The number of nitrogens with one attached hydrogen (secondary N) is 1. The summed E-state index contributed by atoms with van der Waals surface area (Å²) in [6.07, 6.45) is 7.35. The monoisotopic (exact) mass is 727 g/mol. The Balaban J connectivity index is 0.856. The first-order valence-electron chi connectivity index (χ1n) is 18.9. The third-order valence-electron chi connectivity index (χ3n) is 11.2. The molecule has 0 aliphatic carbocycles. The van der Waals surface area contributed by atoms with Crippen LogP contribution in [0.3, 0.4) is 0 Å². The lowest BCUT2D eigenvalue weighted by Crippen LogP contribution is -2.47. The van der Waals surface area contributed by atoms with E-state index in [0.29, 0.717) is 18.5 Å². The minimum Gasteiger partial charge on any atom is -0.363 e. The second-order valence-electron chi connectivity index (χ2n) is 14.5. The maximum Gasteiger partial charge on any atom is 0.329 e. The molecule has 1 N–H and O–H groups in total. The van der Waals surface area contributed by atoms with Crippen molar-refractivity contribution in [1.29, 1.82) is 0 Å². The molecule has 4 aromatic heterocycles. The van der Waals surface area contributed by atoms with Crippen LogP contribution in [0.1, 0.15) is 49.8 Å². The van der Waals surface area contributed by atoms with E-state index in [-0.39, 0.29) is 29.9 Å². The number of nitrogens with zero attached hydrogens (tertiary/aromatic N) is 8. The maximum atomic E-state index is 14.1. The molecule has 0 saturated carbocycles. The summed E-state index contributed by atoms with van der Waals surface area (Å²) in [5.74, 6) is 0.00381. The van der Waals surface area contributed by atoms with Crippen molar-refractivity contribution < 1.29 is 14.0 Å². The van der Waals surface area contributed by atoms with Crippen molar-refractivity contribution >= 4 is 40.0 Å². The predicted molar refractivity (Wildman–Crippen MR) is 205 cm³/mol. The summed E-state index contributed by atoms with van der Waals surface area (Å²) in [5.41, 5.74) is 5.99. The molecular formula is C41H42FN9O3. The van der Waals surface area contributed by atoms with Gasteiger partial charge in [0, 0.05) is 51.9 Å². The van der Waals surface area contributed by atoms with E-state index in [4.69, 9.17) is 4.98 Å². The van der Waals surface area contributed by atoms with Gasteiger partial charge in [-0.15, -0.1) is 0 Å². The van der Waals surface area contributed by atoms with E-state index in [0.717, 1.165) is 98.2 Å². The first kappa shape index (κ1) is 34.0. The van der Waals surface area contributed by atoms with Crippen LogP contribution < -0.4 is 20.8 Å². The quantitative estimate of drug-likeness (QED) is 0.203. The minimum absolute atomic E-state index is 0.125. The highest BCUT2D eigenvalue weighted by Gasteiger charge is 2.32. The fourth-order valence-electron chi connectivity index (χ4n) is 8.54. The Morgan fingerprint density at radius 3 is 2.48 bits per heavy atom. The average molecular weight is 728 g/mol. The van der Waals surface area contributed by atoms with Crippen LogP contribution in [0.15, 0.2) is 96.1 Å². The smallest absolute Gasteiger partial charge is 0.329 e. The summed E-state index contributed by atoms with van der Waals surface area (Å²) >= 11 is 0. The predicted octanol–water partition coefficient (Wildman–Crippen LogP) is 5.18. The number of fused-ring (bicyclic) bond motifs is 2. The van der Waals surface area contributed by atoms with Gasteiger partial charge in [-0.1, -0.05) is 30.3 Å². The number of piperazine rings is 1. The summed E-state index contributed by atoms with van der Waals surface area (Å²) in [4.78, 5) is 55.0. The molecular weight excluding hydrogens is 686 g/mol. The van der Waals surface area contributed by atoms with E-state index >= 15 is 0 Å². The van der Waals surface area contributed by atoms with E-state index in [1.807, 2.05) is 48.7 Å². The highest BCUT2D eigenvalue weighted by atomic mass is 19.1. The number of piperidine rings is 1. The van der Waals surface area contributed by atoms with Crippen LogP contribution in [-0.2, 0) is 16.1 Å². The molecule has 6 aromatic rings. The van der Waals surface area contributed by atoms with Crippen LogP contribution in [0.2, 0.25) is 0 Å². The van der Waals surface area contributed by atoms with Gasteiger partial charge in [-0.05, 0) is 86.3 Å². The summed E-state index contributed by atoms with van der Waals surface area (Å²) in [7, 11) is 0. The number of benzene rings is 2. The van der Waals surface area contributed by atoms with E-state index in [1.54, 1.807) is 21.3 Å². The summed E-state index contributed by atoms with van der Waals surface area (Å²) in [6.45, 7) is 5.70. The van der Waals surface area contributed by atoms with Gasteiger partial charge in [0.05, 0.1) is 40.3 Å². The van der Waals surface area contributed by atoms with Gasteiger partial charge in [0.1, 0.15) is 23.3 Å². The Morgan fingerprint density at radius 2 is 1.65 bits per heavy atom. The van der Waals surface area contributed by atoms with Gasteiger partial charge < -0.3 is 9.80 Å². The molecule has 2 aromatic carbocycles. The first-order valence-corrected chi connectivity index (χ1v) is 18.9. The van der Waals surface area contributed by atoms with Crippen LogP contribution in [0, 0.1) is 5.82 Å². The molecule has 276 valence electrons. The summed E-state index contributed by atoms with van der Waals surface area (Å²) < 4.78 is 19.5. The third kappa shape index (κ3) is 6.31. The average Bonchev–Trinajstić information content (AvgIpc) is 3.92. The highest BCUT2D eigenvalue weighted by molar-refractivity contribution is 6.00. The molecule has 3 aliphatic heterocycles. The number of carbonyl (C=O) groups is 2. The Morgan fingerprint density at radius 1 is 0.815 bits per heavy atom. The van der Waals surface area contributed by atoms with Crippen LogP contribution in [-0.4, -0.2) is 79.5 Å². The van der Waals surface area contributed by atoms with Gasteiger partial charge >= 0.3 is 5.69 Å². The second kappa shape index (κ2) is 14.2. The number of anilines is 2. The lowest BCUT2D eigenvalue weighted by atomic mass is 10.0. The van der Waals surface area contributed by atoms with Crippen LogP contribution in [0.25, 0.3) is 28.1 Å². The molecule has 1 unspecified atom stereocenters. The van der Waals surface area contributed by atoms with Gasteiger partial charge in [-0.25, -0.2) is 19.2 Å². The van der Waals surface area contributed by atoms with Crippen LogP contribution in [0.5, 0.6) is 0 Å². The fraction of sp³-hybridized carbons (Fsp3) is 0.341. The standard InChI is InChI=1S/C41H42FN9O3/c42-29-8-3-7-28(25-29)32-12-5-19-48(32)30-14-16-37-43-26-36(50(37)27-30)31-9-4-13-38(44-31)47-23-21-46(22-24-47)18-6-20-49-33-10-1-2-11-34(33)51(41(49)54)35-15-17-39(52)45-40(35)53/h1-4,7-11,13-14,16,25-27,32,35H,5-6,12,15,17-24H2,(H,45,52,53)/t32-,35?/m1/s1. The number of carbonyl (C=O) groups excluding carboxylic acids is 2. The van der Waals surface area contributed by atoms with Gasteiger partial charge in [0.2, 0.25) is 11.8 Å². The molecule has 3 saturated heterocycles. The molecule has 0 bridgehead atoms. The third-order valence-corrected chi connectivity index (χ3v) is 11.2. The normalized spacial score (nSPS) is 19.6. The number of rotatable bonds is 9. The minimum atomic E-state index is -0.692. The van der Waals surface area contributed by atoms with E-state index in [9.17, 15) is 18.8 Å². The van der Waals surface area contributed by atoms with E-state index in [1.165, 1.54) is 6.07 Å². The molecule has 12 nitrogen and oxygen atoms in total. The van der Waals surface area contributed by atoms with Crippen molar-refractivity contribution in [2.24, 2.45) is 0 Å². The molecule has 0 radical (unpaired) electrons. The Labute approximate surface area is 311 Å². The molecule has 2 atom stereocenters. The molecule has 3 aliphatic rings. The molecule has 13 heteroatoms. The van der Waals surface area contributed by atoms with Crippen LogP contribution in [0.4, 0.5) is 15.9 Å². The van der Waals surface area contributed by atoms with Crippen molar-refractivity contribution in [3.8, 4) is 11.4 Å². The van der Waals surface area contributed by atoms with Crippen molar-refractivity contribution in [2.45, 2.75) is 50.7 Å². The number of aromatic nitrogens is 5. The Kier molecular flexibility index (Phi) is 8.93. The number of imide groups is 1. The summed E-state index contributed by atoms with van der Waals surface area (Å²) in [5, 5.41) is 2.39. The molecule has 7 heterocycles. The number of hydrogen-bond donors (Lipinski definition) is 1. The topological polar surface area (TPSA) is 113 Å². The molecule has 9 rings (SSSR count). The van der Waals surface area contributed by atoms with Crippen molar-refractivity contribution in [3.05, 3.63) is 113 Å². The maximum absolute atomic E-state index is 14.1. The molecule has 54 heavy (non-hydrogen) atoms. The van der Waals surface area contributed by atoms with Crippen molar-refractivity contribution in [1.82, 2.24) is 33.7 Å². The second-order valence-corrected chi connectivity index (χ2v) is 14.5. The number of para-hydroxylation sites is 2. The number of amides is 2. The molecule has 0 spiro atoms. The molecule has 3 fully saturated rings. The zero-order chi connectivity index (χ0) is 36.8. The fourth-order valence-corrected chi connectivity index (χ4v) is 8.54. The van der Waals surface area contributed by atoms with Gasteiger partial charge in [0.25, 0.3) is 0 Å². The number of imidazole rings is 2.